The van der Waals surface area contributed by atoms with Crippen LogP contribution in [0.1, 0.15) is 25.7 Å². The second-order valence-electron chi connectivity index (χ2n) is 5.82. The monoisotopic (exact) mass is 293 g/mol. The first-order valence-corrected chi connectivity index (χ1v) is 7.22. The molecule has 0 atom stereocenters. The van der Waals surface area contributed by atoms with Crippen molar-refractivity contribution in [2.75, 3.05) is 33.1 Å². The first-order valence-electron chi connectivity index (χ1n) is 7.22. The van der Waals surface area contributed by atoms with Crippen molar-refractivity contribution in [1.82, 2.24) is 4.90 Å². The van der Waals surface area contributed by atoms with E-state index in [9.17, 15) is 10.1 Å². The molecular weight excluding hydrogens is 270 g/mol. The van der Waals surface area contributed by atoms with Gasteiger partial charge in [-0.05, 0) is 33.0 Å². The minimum Gasteiger partial charge on any atom is -0.497 e. The lowest BCUT2D eigenvalue weighted by molar-refractivity contribution is -0.384. The molecule has 0 amide bonds. The van der Waals surface area contributed by atoms with Crippen LogP contribution in [-0.2, 0) is 0 Å². The second kappa shape index (κ2) is 6.30. The van der Waals surface area contributed by atoms with E-state index < -0.39 is 0 Å². The van der Waals surface area contributed by atoms with E-state index in [2.05, 4.69) is 24.3 Å². The maximum atomic E-state index is 11.1. The Labute approximate surface area is 125 Å². The maximum Gasteiger partial charge on any atom is 0.292 e. The summed E-state index contributed by atoms with van der Waals surface area (Å²) >= 11 is 0. The van der Waals surface area contributed by atoms with E-state index in [1.54, 1.807) is 19.2 Å². The van der Waals surface area contributed by atoms with Gasteiger partial charge < -0.3 is 15.0 Å². The zero-order chi connectivity index (χ0) is 15.5. The largest absolute Gasteiger partial charge is 0.497 e. The summed E-state index contributed by atoms with van der Waals surface area (Å²) < 4.78 is 5.16. The van der Waals surface area contributed by atoms with Crippen LogP contribution in [0.2, 0.25) is 0 Å². The van der Waals surface area contributed by atoms with Crippen LogP contribution in [0.3, 0.4) is 0 Å². The van der Waals surface area contributed by atoms with Crippen molar-refractivity contribution in [3.8, 4) is 5.75 Å². The van der Waals surface area contributed by atoms with Gasteiger partial charge in [0.05, 0.1) is 12.0 Å². The zero-order valence-corrected chi connectivity index (χ0v) is 12.9. The molecule has 0 bridgehead atoms. The summed E-state index contributed by atoms with van der Waals surface area (Å²) in [6.07, 6.45) is 4.65. The Bertz CT molecular complexity index is 511. The lowest BCUT2D eigenvalue weighted by atomic mass is 9.96. The molecule has 1 fully saturated rings. The number of likely N-dealkylation sites (N-methyl/N-ethyl adjacent to an activating group) is 1. The topological polar surface area (TPSA) is 67.6 Å². The lowest BCUT2D eigenvalue weighted by Gasteiger charge is -2.36. The van der Waals surface area contributed by atoms with Gasteiger partial charge >= 0.3 is 0 Å². The molecular formula is C15H23N3O3. The summed E-state index contributed by atoms with van der Waals surface area (Å²) in [5, 5.41) is 14.4. The van der Waals surface area contributed by atoms with E-state index in [0.29, 0.717) is 18.0 Å². The predicted octanol–water partition coefficient (Wildman–Crippen LogP) is 2.89. The van der Waals surface area contributed by atoms with Crippen LogP contribution < -0.4 is 10.1 Å². The average molecular weight is 293 g/mol. The van der Waals surface area contributed by atoms with Crippen molar-refractivity contribution in [3.05, 3.63) is 28.3 Å². The van der Waals surface area contributed by atoms with E-state index in [1.165, 1.54) is 18.9 Å². The minimum atomic E-state index is -0.362. The van der Waals surface area contributed by atoms with E-state index in [4.69, 9.17) is 4.74 Å². The SMILES string of the molecule is COc1ccc([N+](=O)[O-])c(NCC2(N(C)C)CCCC2)c1. The van der Waals surface area contributed by atoms with E-state index in [-0.39, 0.29) is 16.1 Å². The Morgan fingerprint density at radius 1 is 1.38 bits per heavy atom. The molecule has 6 heteroatoms. The average Bonchev–Trinajstić information content (AvgIpc) is 2.94. The van der Waals surface area contributed by atoms with Gasteiger partial charge in [0.15, 0.2) is 0 Å². The zero-order valence-electron chi connectivity index (χ0n) is 12.9. The highest BCUT2D eigenvalue weighted by molar-refractivity contribution is 5.64. The highest BCUT2D eigenvalue weighted by Crippen LogP contribution is 2.35. The van der Waals surface area contributed by atoms with Crippen LogP contribution in [0, 0.1) is 10.1 Å². The van der Waals surface area contributed by atoms with Crippen LogP contribution >= 0.6 is 0 Å². The number of nitrogens with one attached hydrogen (secondary N) is 1. The first-order chi connectivity index (χ1) is 9.98. The Kier molecular flexibility index (Phi) is 4.67. The van der Waals surface area contributed by atoms with Crippen molar-refractivity contribution in [2.24, 2.45) is 0 Å². The van der Waals surface area contributed by atoms with Gasteiger partial charge in [-0.3, -0.25) is 10.1 Å². The Morgan fingerprint density at radius 3 is 2.57 bits per heavy atom. The van der Waals surface area contributed by atoms with Gasteiger partial charge in [0.25, 0.3) is 5.69 Å². The molecule has 6 nitrogen and oxygen atoms in total. The fourth-order valence-corrected chi connectivity index (χ4v) is 3.02. The van der Waals surface area contributed by atoms with Gasteiger partial charge in [-0.25, -0.2) is 0 Å². The van der Waals surface area contributed by atoms with Gasteiger partial charge in [0, 0.05) is 24.2 Å². The Morgan fingerprint density at radius 2 is 2.05 bits per heavy atom. The molecule has 0 aromatic heterocycles. The minimum absolute atomic E-state index is 0.0803. The van der Waals surface area contributed by atoms with Crippen LogP contribution in [0.4, 0.5) is 11.4 Å². The molecule has 0 heterocycles. The molecule has 1 aromatic rings. The molecule has 0 aliphatic heterocycles. The van der Waals surface area contributed by atoms with Crippen LogP contribution in [-0.4, -0.2) is 43.1 Å². The third kappa shape index (κ3) is 3.26. The van der Waals surface area contributed by atoms with Crippen molar-refractivity contribution in [2.45, 2.75) is 31.2 Å². The highest BCUT2D eigenvalue weighted by Gasteiger charge is 2.36. The molecule has 1 saturated carbocycles. The third-order valence-corrected chi connectivity index (χ3v) is 4.49. The highest BCUT2D eigenvalue weighted by atomic mass is 16.6. The second-order valence-corrected chi connectivity index (χ2v) is 5.82. The molecule has 116 valence electrons. The predicted molar refractivity (Wildman–Crippen MR) is 83.0 cm³/mol. The summed E-state index contributed by atoms with van der Waals surface area (Å²) in [5.41, 5.74) is 0.687. The van der Waals surface area contributed by atoms with Gasteiger partial charge in [-0.1, -0.05) is 12.8 Å². The van der Waals surface area contributed by atoms with E-state index in [0.717, 1.165) is 12.8 Å². The first kappa shape index (κ1) is 15.6. The molecule has 0 radical (unpaired) electrons. The number of hydrogen-bond donors (Lipinski definition) is 1. The number of nitro groups is 1. The number of methoxy groups -OCH3 is 1. The normalized spacial score (nSPS) is 17.0. The molecule has 1 N–H and O–H groups in total. The van der Waals surface area contributed by atoms with Gasteiger partial charge in [-0.2, -0.15) is 0 Å². The number of benzene rings is 1. The number of nitrogens with zero attached hydrogens (tertiary/aromatic N) is 2. The summed E-state index contributed by atoms with van der Waals surface area (Å²) in [7, 11) is 5.71. The number of nitro benzene ring substituents is 1. The molecule has 0 saturated heterocycles. The smallest absolute Gasteiger partial charge is 0.292 e. The molecule has 1 aromatic carbocycles. The lowest BCUT2D eigenvalue weighted by Crippen LogP contribution is -2.47. The van der Waals surface area contributed by atoms with Crippen LogP contribution in [0.5, 0.6) is 5.75 Å². The summed E-state index contributed by atoms with van der Waals surface area (Å²) in [4.78, 5) is 13.0. The van der Waals surface area contributed by atoms with Crippen molar-refractivity contribution in [1.29, 1.82) is 0 Å². The van der Waals surface area contributed by atoms with Crippen molar-refractivity contribution >= 4 is 11.4 Å². The van der Waals surface area contributed by atoms with Crippen molar-refractivity contribution in [3.63, 3.8) is 0 Å². The summed E-state index contributed by atoms with van der Waals surface area (Å²) in [5.74, 6) is 0.619. The fraction of sp³-hybridized carbons (Fsp3) is 0.600. The van der Waals surface area contributed by atoms with Crippen molar-refractivity contribution < 1.29 is 9.66 Å². The molecule has 1 aliphatic rings. The molecule has 0 spiro atoms. The van der Waals surface area contributed by atoms with Gasteiger partial charge in [0.2, 0.25) is 0 Å². The Hall–Kier alpha value is -1.82. The molecule has 2 rings (SSSR count). The number of ether oxygens (including phenoxy) is 1. The van der Waals surface area contributed by atoms with E-state index in [1.807, 2.05) is 0 Å². The van der Waals surface area contributed by atoms with Gasteiger partial charge in [-0.15, -0.1) is 0 Å². The molecule has 0 unspecified atom stereocenters. The molecule has 21 heavy (non-hydrogen) atoms. The Balaban J connectivity index is 2.20. The van der Waals surface area contributed by atoms with Gasteiger partial charge in [0.1, 0.15) is 11.4 Å². The van der Waals surface area contributed by atoms with Crippen LogP contribution in [0.25, 0.3) is 0 Å². The summed E-state index contributed by atoms with van der Waals surface area (Å²) in [6, 6.07) is 4.79. The van der Waals surface area contributed by atoms with E-state index >= 15 is 0 Å². The third-order valence-electron chi connectivity index (χ3n) is 4.49. The number of hydrogen-bond acceptors (Lipinski definition) is 5. The standard InChI is InChI=1S/C15H23N3O3/c1-17(2)15(8-4-5-9-15)11-16-13-10-12(21-3)6-7-14(13)18(19)20/h6-7,10,16H,4-5,8-9,11H2,1-3H3. The maximum absolute atomic E-state index is 11.1. The molecule has 1 aliphatic carbocycles. The van der Waals surface area contributed by atoms with Crippen LogP contribution in [0.15, 0.2) is 18.2 Å². The summed E-state index contributed by atoms with van der Waals surface area (Å²) in [6.45, 7) is 0.702. The fourth-order valence-electron chi connectivity index (χ4n) is 3.02. The quantitative estimate of drug-likeness (QED) is 0.645. The number of rotatable bonds is 6. The number of anilines is 1.